The lowest BCUT2D eigenvalue weighted by Gasteiger charge is -2.25. The minimum absolute atomic E-state index is 0.0946. The standard InChI is InChI=1S/C13H23N3O4S/c1-21-7-4-9(16-12(14)20)10(17)15-8-13(11(18)19)5-2-3-6-13/h9H,2-8H2,1H3,(H,15,17)(H,18,19)(H3,14,16,20). The Morgan fingerprint density at radius 3 is 2.43 bits per heavy atom. The number of primary amides is 1. The predicted molar refractivity (Wildman–Crippen MR) is 81.1 cm³/mol. The molecule has 120 valence electrons. The van der Waals surface area contributed by atoms with Gasteiger partial charge >= 0.3 is 12.0 Å². The van der Waals surface area contributed by atoms with E-state index >= 15 is 0 Å². The molecule has 1 fully saturated rings. The first-order valence-electron chi connectivity index (χ1n) is 6.97. The van der Waals surface area contributed by atoms with Crippen LogP contribution in [0.1, 0.15) is 32.1 Å². The summed E-state index contributed by atoms with van der Waals surface area (Å²) in [6.07, 6.45) is 5.21. The molecule has 0 saturated heterocycles. The minimum Gasteiger partial charge on any atom is -0.481 e. The Morgan fingerprint density at radius 1 is 1.33 bits per heavy atom. The normalized spacial score (nSPS) is 18.0. The van der Waals surface area contributed by atoms with E-state index in [2.05, 4.69) is 10.6 Å². The van der Waals surface area contributed by atoms with Crippen molar-refractivity contribution in [3.63, 3.8) is 0 Å². The highest BCUT2D eigenvalue weighted by atomic mass is 32.2. The Labute approximate surface area is 128 Å². The van der Waals surface area contributed by atoms with E-state index in [1.807, 2.05) is 6.26 Å². The Morgan fingerprint density at radius 2 is 1.95 bits per heavy atom. The molecular formula is C13H23N3O4S. The third-order valence-corrected chi connectivity index (χ3v) is 4.50. The first kappa shape index (κ1) is 17.6. The number of hydrogen-bond acceptors (Lipinski definition) is 4. The summed E-state index contributed by atoms with van der Waals surface area (Å²) in [7, 11) is 0. The van der Waals surface area contributed by atoms with E-state index in [0.717, 1.165) is 12.8 Å². The molecule has 0 aromatic carbocycles. The predicted octanol–water partition coefficient (Wildman–Crippen LogP) is 0.538. The first-order chi connectivity index (χ1) is 9.91. The van der Waals surface area contributed by atoms with Crippen molar-refractivity contribution in [3.05, 3.63) is 0 Å². The Kier molecular flexibility index (Phi) is 6.80. The summed E-state index contributed by atoms with van der Waals surface area (Å²) >= 11 is 1.56. The van der Waals surface area contributed by atoms with Crippen LogP contribution >= 0.6 is 11.8 Å². The average Bonchev–Trinajstić information content (AvgIpc) is 2.90. The molecule has 0 heterocycles. The third kappa shape index (κ3) is 5.11. The van der Waals surface area contributed by atoms with Crippen LogP contribution in [0.5, 0.6) is 0 Å². The molecule has 0 bridgehead atoms. The third-order valence-electron chi connectivity index (χ3n) is 3.86. The van der Waals surface area contributed by atoms with Gasteiger partial charge in [0.2, 0.25) is 5.91 Å². The number of urea groups is 1. The SMILES string of the molecule is CSCCC(NC(N)=O)C(=O)NCC1(C(=O)O)CCCC1. The number of carbonyl (C=O) groups excluding carboxylic acids is 2. The molecule has 1 rings (SSSR count). The Balaban J connectivity index is 2.59. The summed E-state index contributed by atoms with van der Waals surface area (Å²) in [4.78, 5) is 34.5. The van der Waals surface area contributed by atoms with Crippen LogP contribution < -0.4 is 16.4 Å². The van der Waals surface area contributed by atoms with E-state index in [1.54, 1.807) is 11.8 Å². The molecule has 8 heteroatoms. The van der Waals surface area contributed by atoms with Gasteiger partial charge in [-0.3, -0.25) is 9.59 Å². The maximum Gasteiger partial charge on any atom is 0.312 e. The molecule has 1 aliphatic rings. The van der Waals surface area contributed by atoms with Gasteiger partial charge in [0.1, 0.15) is 6.04 Å². The molecule has 1 saturated carbocycles. The molecule has 1 unspecified atom stereocenters. The first-order valence-corrected chi connectivity index (χ1v) is 8.37. The van der Waals surface area contributed by atoms with Gasteiger partial charge in [0.15, 0.2) is 0 Å². The fraction of sp³-hybridized carbons (Fsp3) is 0.769. The van der Waals surface area contributed by atoms with Crippen LogP contribution in [-0.4, -0.2) is 47.6 Å². The number of rotatable bonds is 8. The fourth-order valence-electron chi connectivity index (χ4n) is 2.57. The Bertz CT molecular complexity index is 397. The average molecular weight is 317 g/mol. The maximum absolute atomic E-state index is 12.1. The topological polar surface area (TPSA) is 122 Å². The minimum atomic E-state index is -0.871. The number of nitrogens with two attached hydrogens (primary N) is 1. The molecule has 1 aliphatic carbocycles. The van der Waals surface area contributed by atoms with Gasteiger partial charge in [-0.15, -0.1) is 0 Å². The highest BCUT2D eigenvalue weighted by Gasteiger charge is 2.41. The summed E-state index contributed by atoms with van der Waals surface area (Å²) < 4.78 is 0. The molecule has 1 atom stereocenters. The van der Waals surface area contributed by atoms with Crippen LogP contribution in [0.25, 0.3) is 0 Å². The van der Waals surface area contributed by atoms with Gasteiger partial charge in [0, 0.05) is 6.54 Å². The summed E-state index contributed by atoms with van der Waals surface area (Å²) in [6.45, 7) is 0.0946. The molecule has 21 heavy (non-hydrogen) atoms. The van der Waals surface area contributed by atoms with Crippen molar-refractivity contribution < 1.29 is 19.5 Å². The van der Waals surface area contributed by atoms with Crippen LogP contribution in [0.2, 0.25) is 0 Å². The molecule has 7 nitrogen and oxygen atoms in total. The van der Waals surface area contributed by atoms with E-state index < -0.39 is 23.5 Å². The van der Waals surface area contributed by atoms with Crippen molar-refractivity contribution in [3.8, 4) is 0 Å². The number of thioether (sulfide) groups is 1. The van der Waals surface area contributed by atoms with Crippen molar-refractivity contribution in [1.82, 2.24) is 10.6 Å². The quantitative estimate of drug-likeness (QED) is 0.520. The van der Waals surface area contributed by atoms with E-state index in [0.29, 0.717) is 25.0 Å². The van der Waals surface area contributed by atoms with Crippen LogP contribution in [0, 0.1) is 5.41 Å². The lowest BCUT2D eigenvalue weighted by atomic mass is 9.86. The van der Waals surface area contributed by atoms with Crippen molar-refractivity contribution in [1.29, 1.82) is 0 Å². The second-order valence-electron chi connectivity index (χ2n) is 5.35. The van der Waals surface area contributed by atoms with E-state index in [9.17, 15) is 19.5 Å². The Hall–Kier alpha value is -1.44. The van der Waals surface area contributed by atoms with Gasteiger partial charge in [0.05, 0.1) is 5.41 Å². The smallest absolute Gasteiger partial charge is 0.312 e. The molecule has 0 aromatic heterocycles. The number of carboxylic acid groups (broad SMARTS) is 1. The number of hydrogen-bond donors (Lipinski definition) is 4. The maximum atomic E-state index is 12.1. The molecule has 0 aliphatic heterocycles. The van der Waals surface area contributed by atoms with Gasteiger partial charge in [-0.25, -0.2) is 4.79 Å². The monoisotopic (exact) mass is 317 g/mol. The molecule has 0 radical (unpaired) electrons. The largest absolute Gasteiger partial charge is 0.481 e. The van der Waals surface area contributed by atoms with E-state index in [1.165, 1.54) is 0 Å². The highest BCUT2D eigenvalue weighted by molar-refractivity contribution is 7.98. The number of nitrogens with one attached hydrogen (secondary N) is 2. The highest BCUT2D eigenvalue weighted by Crippen LogP contribution is 2.37. The van der Waals surface area contributed by atoms with Gasteiger partial charge in [-0.1, -0.05) is 12.8 Å². The van der Waals surface area contributed by atoms with E-state index in [-0.39, 0.29) is 12.5 Å². The van der Waals surface area contributed by atoms with Crippen LogP contribution in [0.4, 0.5) is 4.79 Å². The van der Waals surface area contributed by atoms with Crippen LogP contribution in [0.3, 0.4) is 0 Å². The molecule has 0 spiro atoms. The van der Waals surface area contributed by atoms with Gasteiger partial charge in [0.25, 0.3) is 0 Å². The fourth-order valence-corrected chi connectivity index (χ4v) is 3.05. The van der Waals surface area contributed by atoms with Crippen molar-refractivity contribution in [2.75, 3.05) is 18.6 Å². The lowest BCUT2D eigenvalue weighted by molar-refractivity contribution is -0.148. The zero-order valence-electron chi connectivity index (χ0n) is 12.2. The van der Waals surface area contributed by atoms with Gasteiger partial charge < -0.3 is 21.5 Å². The zero-order chi connectivity index (χ0) is 15.9. The number of amides is 3. The van der Waals surface area contributed by atoms with Crippen LogP contribution in [-0.2, 0) is 9.59 Å². The number of aliphatic carboxylic acids is 1. The van der Waals surface area contributed by atoms with Gasteiger partial charge in [-0.05, 0) is 31.3 Å². The molecule has 5 N–H and O–H groups in total. The number of carboxylic acids is 1. The molecular weight excluding hydrogens is 294 g/mol. The molecule has 3 amide bonds. The molecule has 0 aromatic rings. The zero-order valence-corrected chi connectivity index (χ0v) is 13.0. The summed E-state index contributed by atoms with van der Waals surface area (Å²) in [5.41, 5.74) is 4.20. The second kappa shape index (κ2) is 8.11. The van der Waals surface area contributed by atoms with Crippen LogP contribution in [0.15, 0.2) is 0 Å². The summed E-state index contributed by atoms with van der Waals surface area (Å²) in [5, 5.41) is 14.4. The summed E-state index contributed by atoms with van der Waals surface area (Å²) in [6, 6.07) is -1.48. The van der Waals surface area contributed by atoms with E-state index in [4.69, 9.17) is 5.73 Å². The lowest BCUT2D eigenvalue weighted by Crippen LogP contribution is -2.51. The van der Waals surface area contributed by atoms with Crippen molar-refractivity contribution >= 4 is 29.7 Å². The van der Waals surface area contributed by atoms with Crippen molar-refractivity contribution in [2.45, 2.75) is 38.1 Å². The summed E-state index contributed by atoms with van der Waals surface area (Å²) in [5.74, 6) is -0.554. The van der Waals surface area contributed by atoms with Gasteiger partial charge in [-0.2, -0.15) is 11.8 Å². The number of carbonyl (C=O) groups is 3. The van der Waals surface area contributed by atoms with Crippen molar-refractivity contribution in [2.24, 2.45) is 11.1 Å². The second-order valence-corrected chi connectivity index (χ2v) is 6.34.